The molecular weight excluding hydrogens is 237 g/mol. The maximum Gasteiger partial charge on any atom is 0.332 e. The van der Waals surface area contributed by atoms with Crippen LogP contribution in [0.1, 0.15) is 24.2 Å². The van der Waals surface area contributed by atoms with Crippen LogP contribution in [0.25, 0.3) is 0 Å². The van der Waals surface area contributed by atoms with Crippen LogP contribution in [0.4, 0.5) is 4.39 Å². The summed E-state index contributed by atoms with van der Waals surface area (Å²) in [6.07, 6.45) is 1.19. The van der Waals surface area contributed by atoms with Gasteiger partial charge in [-0.2, -0.15) is 0 Å². The molecule has 1 amide bonds. The van der Waals surface area contributed by atoms with Crippen LogP contribution in [-0.4, -0.2) is 18.5 Å². The molecular formula is C13H14FNO3. The van der Waals surface area contributed by atoms with Gasteiger partial charge in [-0.3, -0.25) is 4.79 Å². The van der Waals surface area contributed by atoms with Crippen LogP contribution >= 0.6 is 0 Å². The Balaban J connectivity index is 2.64. The number of halogens is 1. The largest absolute Gasteiger partial charge is 0.463 e. The van der Waals surface area contributed by atoms with Gasteiger partial charge in [0.2, 0.25) is 0 Å². The summed E-state index contributed by atoms with van der Waals surface area (Å²) in [6.45, 7) is 3.53. The van der Waals surface area contributed by atoms with Gasteiger partial charge < -0.3 is 10.1 Å². The minimum Gasteiger partial charge on any atom is -0.463 e. The molecule has 0 fully saturated rings. The number of ether oxygens (including phenoxy) is 1. The summed E-state index contributed by atoms with van der Waals surface area (Å²) >= 11 is 0. The third-order valence-electron chi connectivity index (χ3n) is 2.04. The number of benzene rings is 1. The number of carbonyl (C=O) groups excluding carboxylic acids is 2. The quantitative estimate of drug-likeness (QED) is 0.658. The number of amides is 1. The normalized spacial score (nSPS) is 10.9. The highest BCUT2D eigenvalue weighted by molar-refractivity contribution is 5.96. The molecule has 0 atom stereocenters. The molecule has 0 saturated heterocycles. The molecule has 0 aliphatic carbocycles. The van der Waals surface area contributed by atoms with Crippen molar-refractivity contribution >= 4 is 11.9 Å². The van der Waals surface area contributed by atoms with Crippen LogP contribution in [0.3, 0.4) is 0 Å². The second-order valence-corrected chi connectivity index (χ2v) is 3.54. The number of esters is 1. The Morgan fingerprint density at radius 3 is 2.50 bits per heavy atom. The van der Waals surface area contributed by atoms with Crippen molar-refractivity contribution in [3.63, 3.8) is 0 Å². The lowest BCUT2D eigenvalue weighted by atomic mass is 10.2. The third-order valence-corrected chi connectivity index (χ3v) is 2.04. The maximum atomic E-state index is 12.7. The van der Waals surface area contributed by atoms with Crippen molar-refractivity contribution in [3.8, 4) is 0 Å². The fraction of sp³-hybridized carbons (Fsp3) is 0.231. The molecule has 0 aliphatic rings. The highest BCUT2D eigenvalue weighted by Crippen LogP contribution is 2.03. The van der Waals surface area contributed by atoms with Gasteiger partial charge >= 0.3 is 5.97 Å². The molecule has 0 radical (unpaired) electrons. The van der Waals surface area contributed by atoms with Gasteiger partial charge in [-0.15, -0.1) is 0 Å². The number of hydrogen-bond acceptors (Lipinski definition) is 3. The molecule has 1 N–H and O–H groups in total. The first-order valence-electron chi connectivity index (χ1n) is 5.45. The van der Waals surface area contributed by atoms with Crippen LogP contribution in [0.15, 0.2) is 36.0 Å². The number of carbonyl (C=O) groups is 2. The van der Waals surface area contributed by atoms with Gasteiger partial charge in [-0.25, -0.2) is 9.18 Å². The molecule has 0 heterocycles. The zero-order valence-electron chi connectivity index (χ0n) is 10.2. The molecule has 0 bridgehead atoms. The Labute approximate surface area is 104 Å². The van der Waals surface area contributed by atoms with Crippen LogP contribution in [0.2, 0.25) is 0 Å². The van der Waals surface area contributed by atoms with E-state index < -0.39 is 17.7 Å². The van der Waals surface area contributed by atoms with Crippen molar-refractivity contribution in [1.82, 2.24) is 5.32 Å². The average molecular weight is 251 g/mol. The van der Waals surface area contributed by atoms with E-state index in [1.54, 1.807) is 13.8 Å². The first-order valence-corrected chi connectivity index (χ1v) is 5.45. The minimum atomic E-state index is -0.519. The zero-order chi connectivity index (χ0) is 13.5. The molecule has 5 heteroatoms. The van der Waals surface area contributed by atoms with Crippen LogP contribution in [0.5, 0.6) is 0 Å². The van der Waals surface area contributed by atoms with E-state index >= 15 is 0 Å². The van der Waals surface area contributed by atoms with Gasteiger partial charge in [-0.1, -0.05) is 0 Å². The number of hydrogen-bond donors (Lipinski definition) is 1. The Bertz CT molecular complexity index is 466. The molecule has 1 aromatic carbocycles. The van der Waals surface area contributed by atoms with E-state index in [0.29, 0.717) is 11.3 Å². The van der Waals surface area contributed by atoms with Gasteiger partial charge in [-0.05, 0) is 38.1 Å². The topological polar surface area (TPSA) is 55.4 Å². The lowest BCUT2D eigenvalue weighted by molar-refractivity contribution is -0.137. The van der Waals surface area contributed by atoms with Crippen molar-refractivity contribution in [2.75, 3.05) is 6.61 Å². The molecule has 96 valence electrons. The van der Waals surface area contributed by atoms with E-state index in [9.17, 15) is 14.0 Å². The standard InChI is InChI=1S/C13H14FNO3/c1-3-18-12(16)8-9(2)15-13(17)10-4-6-11(14)7-5-10/h4-8H,3H2,1-2H3,(H,15,17). The summed E-state index contributed by atoms with van der Waals surface area (Å²) in [7, 11) is 0. The predicted molar refractivity (Wildman–Crippen MR) is 64.3 cm³/mol. The Morgan fingerprint density at radius 2 is 1.94 bits per heavy atom. The van der Waals surface area contributed by atoms with E-state index in [0.717, 1.165) is 0 Å². The van der Waals surface area contributed by atoms with E-state index in [2.05, 4.69) is 5.32 Å². The van der Waals surface area contributed by atoms with E-state index in [1.165, 1.54) is 30.3 Å². The molecule has 0 saturated carbocycles. The molecule has 1 rings (SSSR count). The lowest BCUT2D eigenvalue weighted by Gasteiger charge is -2.05. The molecule has 0 aliphatic heterocycles. The van der Waals surface area contributed by atoms with Crippen molar-refractivity contribution in [2.45, 2.75) is 13.8 Å². The van der Waals surface area contributed by atoms with Crippen molar-refractivity contribution < 1.29 is 18.7 Å². The summed E-state index contributed by atoms with van der Waals surface area (Å²) in [5.74, 6) is -1.34. The second kappa shape index (κ2) is 6.54. The molecule has 1 aromatic rings. The zero-order valence-corrected chi connectivity index (χ0v) is 10.2. The highest BCUT2D eigenvalue weighted by atomic mass is 19.1. The van der Waals surface area contributed by atoms with Crippen molar-refractivity contribution in [3.05, 3.63) is 47.4 Å². The van der Waals surface area contributed by atoms with Gasteiger partial charge in [0, 0.05) is 17.3 Å². The van der Waals surface area contributed by atoms with Gasteiger partial charge in [0.15, 0.2) is 0 Å². The first-order chi connectivity index (χ1) is 8.52. The Morgan fingerprint density at radius 1 is 1.33 bits per heavy atom. The SMILES string of the molecule is CCOC(=O)C=C(C)NC(=O)c1ccc(F)cc1. The highest BCUT2D eigenvalue weighted by Gasteiger charge is 2.06. The molecule has 0 spiro atoms. The number of allylic oxidation sites excluding steroid dienone is 1. The van der Waals surface area contributed by atoms with Gasteiger partial charge in [0.25, 0.3) is 5.91 Å². The summed E-state index contributed by atoms with van der Waals surface area (Å²) in [5, 5.41) is 2.50. The van der Waals surface area contributed by atoms with Gasteiger partial charge in [0.1, 0.15) is 5.82 Å². The van der Waals surface area contributed by atoms with Gasteiger partial charge in [0.05, 0.1) is 6.61 Å². The van der Waals surface area contributed by atoms with Crippen molar-refractivity contribution in [2.24, 2.45) is 0 Å². The second-order valence-electron chi connectivity index (χ2n) is 3.54. The fourth-order valence-corrected chi connectivity index (χ4v) is 1.25. The average Bonchev–Trinajstić information content (AvgIpc) is 2.29. The van der Waals surface area contributed by atoms with E-state index in [1.807, 2.05) is 0 Å². The Kier molecular flexibility index (Phi) is 5.05. The van der Waals surface area contributed by atoms with Crippen LogP contribution in [0, 0.1) is 5.82 Å². The smallest absolute Gasteiger partial charge is 0.332 e. The summed E-state index contributed by atoms with van der Waals surface area (Å²) in [5.41, 5.74) is 0.677. The number of rotatable bonds is 4. The maximum absolute atomic E-state index is 12.7. The summed E-state index contributed by atoms with van der Waals surface area (Å²) < 4.78 is 17.4. The first kappa shape index (κ1) is 13.9. The van der Waals surface area contributed by atoms with Crippen LogP contribution in [-0.2, 0) is 9.53 Å². The fourth-order valence-electron chi connectivity index (χ4n) is 1.25. The monoisotopic (exact) mass is 251 g/mol. The van der Waals surface area contributed by atoms with Crippen molar-refractivity contribution in [1.29, 1.82) is 0 Å². The number of nitrogens with one attached hydrogen (secondary N) is 1. The van der Waals surface area contributed by atoms with E-state index in [4.69, 9.17) is 4.74 Å². The third kappa shape index (κ3) is 4.37. The predicted octanol–water partition coefficient (Wildman–Crippen LogP) is 2.02. The summed E-state index contributed by atoms with van der Waals surface area (Å²) in [6, 6.07) is 5.11. The molecule has 0 unspecified atom stereocenters. The summed E-state index contributed by atoms with van der Waals surface area (Å²) in [4.78, 5) is 22.8. The molecule has 18 heavy (non-hydrogen) atoms. The molecule has 0 aromatic heterocycles. The minimum absolute atomic E-state index is 0.272. The molecule has 4 nitrogen and oxygen atoms in total. The van der Waals surface area contributed by atoms with Crippen LogP contribution < -0.4 is 5.32 Å². The lowest BCUT2D eigenvalue weighted by Crippen LogP contribution is -2.22. The Hall–Kier alpha value is -2.17. The van der Waals surface area contributed by atoms with E-state index in [-0.39, 0.29) is 6.61 Å².